The molecular formula is C23H28ClN5O2. The molecule has 31 heavy (non-hydrogen) atoms. The van der Waals surface area contributed by atoms with Gasteiger partial charge >= 0.3 is 0 Å². The molecule has 0 aliphatic carbocycles. The van der Waals surface area contributed by atoms with Crippen molar-refractivity contribution >= 4 is 17.5 Å². The molecular weight excluding hydrogens is 414 g/mol. The lowest BCUT2D eigenvalue weighted by atomic mass is 10.1. The monoisotopic (exact) mass is 441 g/mol. The van der Waals surface area contributed by atoms with Gasteiger partial charge in [-0.2, -0.15) is 5.10 Å². The van der Waals surface area contributed by atoms with Crippen LogP contribution in [0.15, 0.2) is 28.8 Å². The number of halogens is 1. The summed E-state index contributed by atoms with van der Waals surface area (Å²) in [6, 6.07) is 8.45. The lowest BCUT2D eigenvalue weighted by molar-refractivity contribution is 0.0617. The summed E-state index contributed by atoms with van der Waals surface area (Å²) >= 11 is 6.28. The normalized spacial score (nSPS) is 14.9. The first kappa shape index (κ1) is 21.6. The first-order valence-corrected chi connectivity index (χ1v) is 10.9. The van der Waals surface area contributed by atoms with E-state index in [2.05, 4.69) is 46.3 Å². The number of carbonyl (C=O) groups is 1. The van der Waals surface area contributed by atoms with Crippen molar-refractivity contribution in [2.75, 3.05) is 26.2 Å². The number of aryl methyl sites for hydroxylation is 3. The van der Waals surface area contributed by atoms with Crippen LogP contribution in [0.5, 0.6) is 0 Å². The topological polar surface area (TPSA) is 67.4 Å². The number of piperazine rings is 1. The number of carbonyl (C=O) groups excluding carboxylic acids is 1. The zero-order valence-electron chi connectivity index (χ0n) is 18.5. The van der Waals surface area contributed by atoms with Gasteiger partial charge in [0, 0.05) is 38.3 Å². The lowest BCUT2D eigenvalue weighted by Crippen LogP contribution is -2.48. The molecule has 0 N–H and O–H groups in total. The van der Waals surface area contributed by atoms with Crippen LogP contribution in [-0.4, -0.2) is 56.8 Å². The molecule has 7 nitrogen and oxygen atoms in total. The molecule has 3 aromatic rings. The maximum atomic E-state index is 13.2. The van der Waals surface area contributed by atoms with Gasteiger partial charge in [-0.1, -0.05) is 41.0 Å². The van der Waals surface area contributed by atoms with Crippen molar-refractivity contribution in [1.82, 2.24) is 24.7 Å². The first-order chi connectivity index (χ1) is 14.8. The Morgan fingerprint density at radius 2 is 1.77 bits per heavy atom. The van der Waals surface area contributed by atoms with Gasteiger partial charge in [-0.25, -0.2) is 0 Å². The summed E-state index contributed by atoms with van der Waals surface area (Å²) in [4.78, 5) is 17.5. The standard InChI is InChI=1S/C23H28ClN5O2/c1-15-7-5-6-8-19(15)13-27-9-11-28(12-10-27)23(30)22-20(18(4)31-26-22)14-29-17(3)21(24)16(2)25-29/h5-8H,9-14H2,1-4H3. The van der Waals surface area contributed by atoms with E-state index in [-0.39, 0.29) is 5.91 Å². The van der Waals surface area contributed by atoms with Gasteiger partial charge in [-0.15, -0.1) is 0 Å². The summed E-state index contributed by atoms with van der Waals surface area (Å²) in [5.74, 6) is 0.542. The fourth-order valence-electron chi connectivity index (χ4n) is 4.01. The van der Waals surface area contributed by atoms with Crippen LogP contribution in [0.3, 0.4) is 0 Å². The number of amides is 1. The van der Waals surface area contributed by atoms with E-state index in [9.17, 15) is 4.79 Å². The molecule has 3 heterocycles. The summed E-state index contributed by atoms with van der Waals surface area (Å²) in [5.41, 5.74) is 5.39. The molecule has 8 heteroatoms. The van der Waals surface area contributed by atoms with Crippen molar-refractivity contribution in [3.63, 3.8) is 0 Å². The number of hydrogen-bond donors (Lipinski definition) is 0. The van der Waals surface area contributed by atoms with E-state index >= 15 is 0 Å². The second-order valence-corrected chi connectivity index (χ2v) is 8.58. The number of nitrogens with zero attached hydrogens (tertiary/aromatic N) is 5. The van der Waals surface area contributed by atoms with Crippen molar-refractivity contribution < 1.29 is 9.32 Å². The minimum atomic E-state index is -0.0879. The zero-order chi connectivity index (χ0) is 22.1. The Labute approximate surface area is 187 Å². The fourth-order valence-corrected chi connectivity index (χ4v) is 4.15. The number of benzene rings is 1. The predicted molar refractivity (Wildman–Crippen MR) is 119 cm³/mol. The molecule has 1 aliphatic heterocycles. The van der Waals surface area contributed by atoms with Crippen LogP contribution in [0.25, 0.3) is 0 Å². The molecule has 0 saturated carbocycles. The SMILES string of the molecule is Cc1ccccc1CN1CCN(C(=O)c2noc(C)c2Cn2nc(C)c(Cl)c2C)CC1. The fraction of sp³-hybridized carbons (Fsp3) is 0.435. The van der Waals surface area contributed by atoms with Gasteiger partial charge in [0.25, 0.3) is 5.91 Å². The summed E-state index contributed by atoms with van der Waals surface area (Å²) in [6.07, 6.45) is 0. The predicted octanol–water partition coefficient (Wildman–Crippen LogP) is 3.76. The zero-order valence-corrected chi connectivity index (χ0v) is 19.2. The minimum absolute atomic E-state index is 0.0879. The second-order valence-electron chi connectivity index (χ2n) is 8.20. The van der Waals surface area contributed by atoms with E-state index in [0.29, 0.717) is 36.1 Å². The summed E-state index contributed by atoms with van der Waals surface area (Å²) in [5, 5.41) is 9.21. The van der Waals surface area contributed by atoms with Crippen molar-refractivity contribution in [1.29, 1.82) is 0 Å². The average molecular weight is 442 g/mol. The Balaban J connectivity index is 1.44. The van der Waals surface area contributed by atoms with Crippen LogP contribution in [-0.2, 0) is 13.1 Å². The van der Waals surface area contributed by atoms with Crippen LogP contribution < -0.4 is 0 Å². The third-order valence-electron chi connectivity index (χ3n) is 6.10. The number of aromatic nitrogens is 3. The molecule has 0 atom stereocenters. The van der Waals surface area contributed by atoms with E-state index in [1.807, 2.05) is 25.7 Å². The maximum Gasteiger partial charge on any atom is 0.276 e. The molecule has 2 aromatic heterocycles. The molecule has 0 radical (unpaired) electrons. The van der Waals surface area contributed by atoms with Crippen molar-refractivity contribution in [2.24, 2.45) is 0 Å². The molecule has 0 spiro atoms. The van der Waals surface area contributed by atoms with Crippen LogP contribution in [0.4, 0.5) is 0 Å². The largest absolute Gasteiger partial charge is 0.361 e. The van der Waals surface area contributed by atoms with Gasteiger partial charge < -0.3 is 9.42 Å². The second kappa shape index (κ2) is 8.85. The summed E-state index contributed by atoms with van der Waals surface area (Å²) < 4.78 is 7.19. The smallest absolute Gasteiger partial charge is 0.276 e. The van der Waals surface area contributed by atoms with Crippen molar-refractivity contribution in [2.45, 2.75) is 40.8 Å². The van der Waals surface area contributed by atoms with Crippen LogP contribution in [0.1, 0.15) is 44.3 Å². The molecule has 0 unspecified atom stereocenters. The van der Waals surface area contributed by atoms with Gasteiger partial charge in [0.15, 0.2) is 5.69 Å². The summed E-state index contributed by atoms with van der Waals surface area (Å²) in [7, 11) is 0. The molecule has 164 valence electrons. The van der Waals surface area contributed by atoms with Gasteiger partial charge in [0.05, 0.1) is 23.0 Å². The van der Waals surface area contributed by atoms with Crippen LogP contribution in [0, 0.1) is 27.7 Å². The maximum absolute atomic E-state index is 13.2. The molecule has 1 fully saturated rings. The van der Waals surface area contributed by atoms with E-state index in [0.717, 1.165) is 36.6 Å². The quantitative estimate of drug-likeness (QED) is 0.603. The highest BCUT2D eigenvalue weighted by Gasteiger charge is 2.28. The molecule has 1 amide bonds. The Kier molecular flexibility index (Phi) is 6.16. The molecule has 1 aliphatic rings. The van der Waals surface area contributed by atoms with Gasteiger partial charge in [0.1, 0.15) is 5.76 Å². The van der Waals surface area contributed by atoms with Gasteiger partial charge in [0.2, 0.25) is 0 Å². The highest BCUT2D eigenvalue weighted by Crippen LogP contribution is 2.23. The highest BCUT2D eigenvalue weighted by atomic mass is 35.5. The van der Waals surface area contributed by atoms with E-state index < -0.39 is 0 Å². The Morgan fingerprint density at radius 3 is 2.42 bits per heavy atom. The lowest BCUT2D eigenvalue weighted by Gasteiger charge is -2.34. The average Bonchev–Trinajstić information content (AvgIpc) is 3.24. The Bertz CT molecular complexity index is 1100. The highest BCUT2D eigenvalue weighted by molar-refractivity contribution is 6.31. The number of hydrogen-bond acceptors (Lipinski definition) is 5. The minimum Gasteiger partial charge on any atom is -0.361 e. The van der Waals surface area contributed by atoms with Crippen molar-refractivity contribution in [3.05, 3.63) is 68.8 Å². The molecule has 1 aromatic carbocycles. The van der Waals surface area contributed by atoms with Gasteiger partial charge in [-0.05, 0) is 38.8 Å². The summed E-state index contributed by atoms with van der Waals surface area (Å²) in [6.45, 7) is 12.1. The third kappa shape index (κ3) is 4.38. The molecule has 0 bridgehead atoms. The van der Waals surface area contributed by atoms with E-state index in [1.54, 1.807) is 4.68 Å². The van der Waals surface area contributed by atoms with Gasteiger partial charge in [-0.3, -0.25) is 14.4 Å². The van der Waals surface area contributed by atoms with Crippen LogP contribution >= 0.6 is 11.6 Å². The molecule has 4 rings (SSSR count). The van der Waals surface area contributed by atoms with Crippen LogP contribution in [0.2, 0.25) is 5.02 Å². The van der Waals surface area contributed by atoms with Crippen molar-refractivity contribution in [3.8, 4) is 0 Å². The first-order valence-electron chi connectivity index (χ1n) is 10.6. The molecule has 1 saturated heterocycles. The van der Waals surface area contributed by atoms with E-state index in [4.69, 9.17) is 16.1 Å². The Morgan fingerprint density at radius 1 is 1.06 bits per heavy atom. The third-order valence-corrected chi connectivity index (χ3v) is 6.65. The van der Waals surface area contributed by atoms with E-state index in [1.165, 1.54) is 11.1 Å². The Hall–Kier alpha value is -2.64. The number of rotatable bonds is 5.